The number of hydrogen-bond acceptors (Lipinski definition) is 4. The average Bonchev–Trinajstić information content (AvgIpc) is 2.29. The summed E-state index contributed by atoms with van der Waals surface area (Å²) in [6.07, 6.45) is 0.770. The molecule has 0 aliphatic carbocycles. The lowest BCUT2D eigenvalue weighted by atomic mass is 10.3. The standard InChI is InChI=1S/C10H12ClNO4S/c1-16-10-4-3-8(7-9(10)11)17(14,15)12-5-2-6-13/h3-4,6-7,12H,2,5H2,1H3. The highest BCUT2D eigenvalue weighted by atomic mass is 35.5. The van der Waals surface area contributed by atoms with Crippen LogP contribution in [0, 0.1) is 0 Å². The molecule has 0 aliphatic rings. The van der Waals surface area contributed by atoms with Gasteiger partial charge in [-0.3, -0.25) is 0 Å². The molecule has 0 saturated heterocycles. The van der Waals surface area contributed by atoms with Gasteiger partial charge in [0.05, 0.1) is 17.0 Å². The molecule has 1 rings (SSSR count). The van der Waals surface area contributed by atoms with Gasteiger partial charge in [0, 0.05) is 13.0 Å². The van der Waals surface area contributed by atoms with Crippen molar-refractivity contribution in [2.45, 2.75) is 11.3 Å². The van der Waals surface area contributed by atoms with Crippen LogP contribution < -0.4 is 9.46 Å². The summed E-state index contributed by atoms with van der Waals surface area (Å²) in [4.78, 5) is 10.1. The summed E-state index contributed by atoms with van der Waals surface area (Å²) in [5.74, 6) is 0.401. The lowest BCUT2D eigenvalue weighted by Crippen LogP contribution is -2.25. The van der Waals surface area contributed by atoms with Crippen LogP contribution >= 0.6 is 11.6 Å². The molecule has 7 heteroatoms. The molecule has 0 saturated carbocycles. The average molecular weight is 278 g/mol. The van der Waals surface area contributed by atoms with Crippen LogP contribution in [0.25, 0.3) is 0 Å². The molecular weight excluding hydrogens is 266 g/mol. The van der Waals surface area contributed by atoms with E-state index in [1.807, 2.05) is 0 Å². The fourth-order valence-corrected chi connectivity index (χ4v) is 2.55. The number of hydrogen-bond donors (Lipinski definition) is 1. The molecule has 0 spiro atoms. The van der Waals surface area contributed by atoms with Crippen molar-refractivity contribution >= 4 is 27.9 Å². The Bertz CT molecular complexity index is 501. The SMILES string of the molecule is COc1ccc(S(=O)(=O)NCCC=O)cc1Cl. The molecule has 0 heterocycles. The molecule has 0 bridgehead atoms. The molecule has 5 nitrogen and oxygen atoms in total. The topological polar surface area (TPSA) is 72.5 Å². The highest BCUT2D eigenvalue weighted by Gasteiger charge is 2.15. The minimum atomic E-state index is -3.63. The lowest BCUT2D eigenvalue weighted by Gasteiger charge is -2.07. The first-order valence-corrected chi connectivity index (χ1v) is 6.64. The third-order valence-electron chi connectivity index (χ3n) is 1.99. The molecule has 17 heavy (non-hydrogen) atoms. The zero-order valence-corrected chi connectivity index (χ0v) is 10.7. The quantitative estimate of drug-likeness (QED) is 0.627. The summed E-state index contributed by atoms with van der Waals surface area (Å²) in [6, 6.07) is 4.15. The molecule has 0 radical (unpaired) electrons. The van der Waals surface area contributed by atoms with Crippen LogP contribution in [-0.4, -0.2) is 28.4 Å². The highest BCUT2D eigenvalue weighted by molar-refractivity contribution is 7.89. The van der Waals surface area contributed by atoms with Crippen LogP contribution in [0.4, 0.5) is 0 Å². The second kappa shape index (κ2) is 6.00. The first kappa shape index (κ1) is 14.0. The Hall–Kier alpha value is -1.11. The van der Waals surface area contributed by atoms with E-state index in [0.29, 0.717) is 12.0 Å². The number of rotatable bonds is 6. The van der Waals surface area contributed by atoms with Crippen molar-refractivity contribution in [2.24, 2.45) is 0 Å². The van der Waals surface area contributed by atoms with Gasteiger partial charge in [-0.2, -0.15) is 0 Å². The van der Waals surface area contributed by atoms with Crippen molar-refractivity contribution < 1.29 is 17.9 Å². The molecule has 0 fully saturated rings. The van der Waals surface area contributed by atoms with Gasteiger partial charge in [0.15, 0.2) is 0 Å². The van der Waals surface area contributed by atoms with Gasteiger partial charge in [0.2, 0.25) is 10.0 Å². The van der Waals surface area contributed by atoms with Crippen molar-refractivity contribution in [3.8, 4) is 5.75 Å². The smallest absolute Gasteiger partial charge is 0.240 e. The molecular formula is C10H12ClNO4S. The predicted molar refractivity (Wildman–Crippen MR) is 63.9 cm³/mol. The van der Waals surface area contributed by atoms with Gasteiger partial charge in [-0.25, -0.2) is 13.1 Å². The summed E-state index contributed by atoms with van der Waals surface area (Å²) >= 11 is 5.82. The van der Waals surface area contributed by atoms with E-state index in [4.69, 9.17) is 16.3 Å². The normalized spacial score (nSPS) is 11.2. The number of aldehydes is 1. The number of benzene rings is 1. The fraction of sp³-hybridized carbons (Fsp3) is 0.300. The zero-order valence-electron chi connectivity index (χ0n) is 9.14. The van der Waals surface area contributed by atoms with E-state index >= 15 is 0 Å². The summed E-state index contributed by atoms with van der Waals surface area (Å²) in [7, 11) is -2.19. The summed E-state index contributed by atoms with van der Waals surface area (Å²) in [5.41, 5.74) is 0. The van der Waals surface area contributed by atoms with E-state index in [0.717, 1.165) is 0 Å². The minimum Gasteiger partial charge on any atom is -0.495 e. The number of halogens is 1. The molecule has 0 unspecified atom stereocenters. The third kappa shape index (κ3) is 3.69. The number of sulfonamides is 1. The van der Waals surface area contributed by atoms with E-state index in [-0.39, 0.29) is 22.9 Å². The monoisotopic (exact) mass is 277 g/mol. The van der Waals surface area contributed by atoms with Crippen molar-refractivity contribution in [2.75, 3.05) is 13.7 Å². The van der Waals surface area contributed by atoms with Gasteiger partial charge in [0.1, 0.15) is 12.0 Å². The second-order valence-electron chi connectivity index (χ2n) is 3.15. The maximum Gasteiger partial charge on any atom is 0.240 e. The van der Waals surface area contributed by atoms with Gasteiger partial charge in [-0.1, -0.05) is 11.6 Å². The molecule has 0 atom stereocenters. The number of carbonyl (C=O) groups excluding carboxylic acids is 1. The zero-order chi connectivity index (χ0) is 12.9. The predicted octanol–water partition coefficient (Wildman–Crippen LogP) is 1.22. The first-order chi connectivity index (χ1) is 8.01. The molecule has 0 amide bonds. The molecule has 1 N–H and O–H groups in total. The molecule has 0 aromatic heterocycles. The van der Waals surface area contributed by atoms with E-state index in [1.165, 1.54) is 25.3 Å². The van der Waals surface area contributed by atoms with Gasteiger partial charge in [0.25, 0.3) is 0 Å². The van der Waals surface area contributed by atoms with Crippen molar-refractivity contribution in [1.82, 2.24) is 4.72 Å². The molecule has 1 aromatic carbocycles. The van der Waals surface area contributed by atoms with Crippen LogP contribution in [0.2, 0.25) is 5.02 Å². The fourth-order valence-electron chi connectivity index (χ4n) is 1.15. The Labute approximate surface area is 105 Å². The van der Waals surface area contributed by atoms with Gasteiger partial charge >= 0.3 is 0 Å². The van der Waals surface area contributed by atoms with Crippen LogP contribution in [-0.2, 0) is 14.8 Å². The van der Waals surface area contributed by atoms with Crippen LogP contribution in [0.1, 0.15) is 6.42 Å². The number of nitrogens with one attached hydrogen (secondary N) is 1. The lowest BCUT2D eigenvalue weighted by molar-refractivity contribution is -0.107. The van der Waals surface area contributed by atoms with Crippen molar-refractivity contribution in [3.63, 3.8) is 0 Å². The maximum absolute atomic E-state index is 11.7. The van der Waals surface area contributed by atoms with Crippen molar-refractivity contribution in [1.29, 1.82) is 0 Å². The van der Waals surface area contributed by atoms with E-state index in [9.17, 15) is 13.2 Å². The Kier molecular flexibility index (Phi) is 4.92. The second-order valence-corrected chi connectivity index (χ2v) is 5.32. The van der Waals surface area contributed by atoms with Crippen LogP contribution in [0.15, 0.2) is 23.1 Å². The largest absolute Gasteiger partial charge is 0.495 e. The highest BCUT2D eigenvalue weighted by Crippen LogP contribution is 2.26. The van der Waals surface area contributed by atoms with Gasteiger partial charge < -0.3 is 9.53 Å². The van der Waals surface area contributed by atoms with Crippen LogP contribution in [0.3, 0.4) is 0 Å². The summed E-state index contributed by atoms with van der Waals surface area (Å²) in [5, 5.41) is 0.214. The number of methoxy groups -OCH3 is 1. The molecule has 0 aliphatic heterocycles. The number of ether oxygens (including phenoxy) is 1. The Morgan fingerprint density at radius 3 is 2.71 bits per heavy atom. The maximum atomic E-state index is 11.7. The first-order valence-electron chi connectivity index (χ1n) is 4.78. The van der Waals surface area contributed by atoms with Crippen molar-refractivity contribution in [3.05, 3.63) is 23.2 Å². The van der Waals surface area contributed by atoms with Crippen LogP contribution in [0.5, 0.6) is 5.75 Å². The molecule has 1 aromatic rings. The minimum absolute atomic E-state index is 0.0363. The Morgan fingerprint density at radius 1 is 1.47 bits per heavy atom. The summed E-state index contributed by atoms with van der Waals surface area (Å²) in [6.45, 7) is 0.0650. The number of carbonyl (C=O) groups is 1. The van der Waals surface area contributed by atoms with E-state index in [2.05, 4.69) is 4.72 Å². The summed E-state index contributed by atoms with van der Waals surface area (Å²) < 4.78 is 30.7. The van der Waals surface area contributed by atoms with Gasteiger partial charge in [-0.15, -0.1) is 0 Å². The van der Waals surface area contributed by atoms with Gasteiger partial charge in [-0.05, 0) is 18.2 Å². The molecule has 94 valence electrons. The van der Waals surface area contributed by atoms with E-state index < -0.39 is 10.0 Å². The third-order valence-corrected chi connectivity index (χ3v) is 3.74. The Morgan fingerprint density at radius 2 is 2.18 bits per heavy atom. The Balaban J connectivity index is 2.91. The van der Waals surface area contributed by atoms with E-state index in [1.54, 1.807) is 0 Å².